The van der Waals surface area contributed by atoms with Gasteiger partial charge < -0.3 is 20.3 Å². The highest BCUT2D eigenvalue weighted by molar-refractivity contribution is 5.63. The molecule has 1 aromatic carbocycles. The monoisotopic (exact) mass is 235 g/mol. The van der Waals surface area contributed by atoms with E-state index in [1.807, 2.05) is 18.2 Å². The normalized spacial score (nSPS) is 15.8. The predicted octanol–water partition coefficient (Wildman–Crippen LogP) is 0.556. The summed E-state index contributed by atoms with van der Waals surface area (Å²) >= 11 is 0. The van der Waals surface area contributed by atoms with E-state index in [-0.39, 0.29) is 0 Å². The van der Waals surface area contributed by atoms with Crippen LogP contribution in [-0.4, -0.2) is 44.6 Å². The Hall–Kier alpha value is -1.91. The molecular formula is C12H17N3O2. The van der Waals surface area contributed by atoms with E-state index in [9.17, 15) is 4.79 Å². The second-order valence-corrected chi connectivity index (χ2v) is 4.05. The number of carbonyl (C=O) groups excluding carboxylic acids is 1. The van der Waals surface area contributed by atoms with Crippen molar-refractivity contribution in [1.82, 2.24) is 4.90 Å². The van der Waals surface area contributed by atoms with Gasteiger partial charge in [0.05, 0.1) is 12.8 Å². The first-order valence-corrected chi connectivity index (χ1v) is 5.62. The third-order valence-corrected chi connectivity index (χ3v) is 3.04. The number of rotatable bonds is 3. The fourth-order valence-electron chi connectivity index (χ4n) is 2.00. The van der Waals surface area contributed by atoms with Crippen molar-refractivity contribution >= 4 is 17.8 Å². The zero-order valence-electron chi connectivity index (χ0n) is 9.93. The lowest BCUT2D eigenvalue weighted by Gasteiger charge is -2.34. The smallest absolute Gasteiger partial charge is 0.209 e. The molecule has 17 heavy (non-hydrogen) atoms. The number of benzene rings is 1. The zero-order chi connectivity index (χ0) is 12.3. The largest absolute Gasteiger partial charge is 0.495 e. The number of carbonyl (C=O) groups is 1. The standard InChI is InChI=1S/C12H17N3O2/c1-17-12-3-2-10(8-11(12)13)15-6-4-14(9-16)5-7-15/h2-3,8-9H,4-7,13H2,1H3. The Morgan fingerprint density at radius 2 is 2.00 bits per heavy atom. The highest BCUT2D eigenvalue weighted by Gasteiger charge is 2.16. The quantitative estimate of drug-likeness (QED) is 0.614. The molecule has 0 aromatic heterocycles. The highest BCUT2D eigenvalue weighted by Crippen LogP contribution is 2.27. The van der Waals surface area contributed by atoms with Gasteiger partial charge in [0.2, 0.25) is 6.41 Å². The van der Waals surface area contributed by atoms with E-state index >= 15 is 0 Å². The highest BCUT2D eigenvalue weighted by atomic mass is 16.5. The maximum atomic E-state index is 10.6. The van der Waals surface area contributed by atoms with Crippen LogP contribution >= 0.6 is 0 Å². The van der Waals surface area contributed by atoms with E-state index < -0.39 is 0 Å². The van der Waals surface area contributed by atoms with Crippen LogP contribution in [0.5, 0.6) is 5.75 Å². The van der Waals surface area contributed by atoms with E-state index in [1.165, 1.54) is 0 Å². The minimum Gasteiger partial charge on any atom is -0.495 e. The van der Waals surface area contributed by atoms with Crippen LogP contribution in [0.2, 0.25) is 0 Å². The van der Waals surface area contributed by atoms with Crippen molar-refractivity contribution in [3.63, 3.8) is 0 Å². The molecule has 1 aromatic rings. The van der Waals surface area contributed by atoms with Crippen molar-refractivity contribution < 1.29 is 9.53 Å². The Bertz CT molecular complexity index is 401. The SMILES string of the molecule is COc1ccc(N2CCN(C=O)CC2)cc1N. The number of methoxy groups -OCH3 is 1. The molecule has 0 atom stereocenters. The summed E-state index contributed by atoms with van der Waals surface area (Å²) in [5.74, 6) is 0.695. The third kappa shape index (κ3) is 2.43. The van der Waals surface area contributed by atoms with E-state index in [4.69, 9.17) is 10.5 Å². The lowest BCUT2D eigenvalue weighted by atomic mass is 10.2. The van der Waals surface area contributed by atoms with Gasteiger partial charge >= 0.3 is 0 Å². The number of anilines is 2. The number of hydrogen-bond acceptors (Lipinski definition) is 4. The van der Waals surface area contributed by atoms with Gasteiger partial charge in [0.25, 0.3) is 0 Å². The van der Waals surface area contributed by atoms with E-state index in [1.54, 1.807) is 12.0 Å². The summed E-state index contributed by atoms with van der Waals surface area (Å²) in [4.78, 5) is 14.6. The summed E-state index contributed by atoms with van der Waals surface area (Å²) in [6.45, 7) is 3.19. The molecule has 0 spiro atoms. The van der Waals surface area contributed by atoms with E-state index in [2.05, 4.69) is 4.90 Å². The molecule has 5 heteroatoms. The fourth-order valence-corrected chi connectivity index (χ4v) is 2.00. The minimum atomic E-state index is 0.641. The first-order chi connectivity index (χ1) is 8.24. The Morgan fingerprint density at radius 1 is 1.29 bits per heavy atom. The molecule has 0 aliphatic carbocycles. The number of amides is 1. The van der Waals surface area contributed by atoms with Crippen LogP contribution in [0, 0.1) is 0 Å². The molecule has 0 unspecified atom stereocenters. The fraction of sp³-hybridized carbons (Fsp3) is 0.417. The molecule has 0 bridgehead atoms. The number of nitrogens with two attached hydrogens (primary N) is 1. The molecule has 2 N–H and O–H groups in total. The van der Waals surface area contributed by atoms with Gasteiger partial charge in [-0.1, -0.05) is 0 Å². The lowest BCUT2D eigenvalue weighted by molar-refractivity contribution is -0.118. The Morgan fingerprint density at radius 3 is 2.53 bits per heavy atom. The number of ether oxygens (including phenoxy) is 1. The van der Waals surface area contributed by atoms with Crippen LogP contribution in [0.3, 0.4) is 0 Å². The Labute approximate surface area is 101 Å². The van der Waals surface area contributed by atoms with Crippen LogP contribution in [0.1, 0.15) is 0 Å². The molecule has 92 valence electrons. The van der Waals surface area contributed by atoms with Gasteiger partial charge in [-0.05, 0) is 18.2 Å². The first-order valence-electron chi connectivity index (χ1n) is 5.62. The van der Waals surface area contributed by atoms with Gasteiger partial charge in [0, 0.05) is 31.9 Å². The molecule has 5 nitrogen and oxygen atoms in total. The summed E-state index contributed by atoms with van der Waals surface area (Å²) in [7, 11) is 1.61. The molecular weight excluding hydrogens is 218 g/mol. The summed E-state index contributed by atoms with van der Waals surface area (Å²) in [5.41, 5.74) is 7.59. The van der Waals surface area contributed by atoms with Crippen molar-refractivity contribution in [2.24, 2.45) is 0 Å². The third-order valence-electron chi connectivity index (χ3n) is 3.04. The van der Waals surface area contributed by atoms with Crippen LogP contribution in [-0.2, 0) is 4.79 Å². The van der Waals surface area contributed by atoms with Crippen molar-refractivity contribution in [3.8, 4) is 5.75 Å². The second kappa shape index (κ2) is 4.95. The zero-order valence-corrected chi connectivity index (χ0v) is 9.93. The predicted molar refractivity (Wildman–Crippen MR) is 67.3 cm³/mol. The van der Waals surface area contributed by atoms with Crippen molar-refractivity contribution in [1.29, 1.82) is 0 Å². The lowest BCUT2D eigenvalue weighted by Crippen LogP contribution is -2.45. The number of nitrogen functional groups attached to an aromatic ring is 1. The molecule has 1 heterocycles. The van der Waals surface area contributed by atoms with Gasteiger partial charge in [-0.3, -0.25) is 4.79 Å². The average Bonchev–Trinajstić information content (AvgIpc) is 2.39. The molecule has 2 rings (SSSR count). The van der Waals surface area contributed by atoms with Crippen molar-refractivity contribution in [3.05, 3.63) is 18.2 Å². The van der Waals surface area contributed by atoms with Crippen LogP contribution < -0.4 is 15.4 Å². The average molecular weight is 235 g/mol. The minimum absolute atomic E-state index is 0.641. The molecule has 1 aliphatic rings. The number of hydrogen-bond donors (Lipinski definition) is 1. The summed E-state index contributed by atoms with van der Waals surface area (Å²) < 4.78 is 5.12. The molecule has 0 saturated carbocycles. The summed E-state index contributed by atoms with van der Waals surface area (Å²) in [6.07, 6.45) is 0.903. The van der Waals surface area contributed by atoms with Gasteiger partial charge in [0.1, 0.15) is 5.75 Å². The maximum absolute atomic E-state index is 10.6. The van der Waals surface area contributed by atoms with E-state index in [0.717, 1.165) is 38.3 Å². The molecule has 1 saturated heterocycles. The maximum Gasteiger partial charge on any atom is 0.209 e. The molecule has 1 aliphatic heterocycles. The van der Waals surface area contributed by atoms with Crippen LogP contribution in [0.4, 0.5) is 11.4 Å². The second-order valence-electron chi connectivity index (χ2n) is 4.05. The molecule has 0 radical (unpaired) electrons. The van der Waals surface area contributed by atoms with Crippen molar-refractivity contribution in [2.45, 2.75) is 0 Å². The Kier molecular flexibility index (Phi) is 3.37. The number of nitrogens with zero attached hydrogens (tertiary/aromatic N) is 2. The summed E-state index contributed by atoms with van der Waals surface area (Å²) in [5, 5.41) is 0. The van der Waals surface area contributed by atoms with Crippen LogP contribution in [0.25, 0.3) is 0 Å². The Balaban J connectivity index is 2.08. The van der Waals surface area contributed by atoms with Gasteiger partial charge in [0.15, 0.2) is 0 Å². The number of piperazine rings is 1. The van der Waals surface area contributed by atoms with Gasteiger partial charge in [-0.25, -0.2) is 0 Å². The van der Waals surface area contributed by atoms with Gasteiger partial charge in [-0.15, -0.1) is 0 Å². The van der Waals surface area contributed by atoms with Crippen LogP contribution in [0.15, 0.2) is 18.2 Å². The van der Waals surface area contributed by atoms with Crippen molar-refractivity contribution in [2.75, 3.05) is 43.9 Å². The topological polar surface area (TPSA) is 58.8 Å². The van der Waals surface area contributed by atoms with Gasteiger partial charge in [-0.2, -0.15) is 0 Å². The van der Waals surface area contributed by atoms with E-state index in [0.29, 0.717) is 11.4 Å². The first kappa shape index (κ1) is 11.6. The molecule has 1 fully saturated rings. The molecule has 1 amide bonds. The summed E-state index contributed by atoms with van der Waals surface area (Å²) in [6, 6.07) is 5.78.